The molecule has 0 saturated heterocycles. The van der Waals surface area contributed by atoms with E-state index in [1.165, 1.54) is 11.1 Å². The SMILES string of the molecule is Cc1ccccc1CCc1nncn1C(C)C. The summed E-state index contributed by atoms with van der Waals surface area (Å²) in [6, 6.07) is 8.94. The first kappa shape index (κ1) is 11.8. The summed E-state index contributed by atoms with van der Waals surface area (Å²) >= 11 is 0. The zero-order valence-corrected chi connectivity index (χ0v) is 10.7. The molecule has 0 bridgehead atoms. The molecule has 1 aromatic heterocycles. The second kappa shape index (κ2) is 5.13. The number of benzene rings is 1. The summed E-state index contributed by atoms with van der Waals surface area (Å²) < 4.78 is 2.14. The van der Waals surface area contributed by atoms with Crippen molar-refractivity contribution in [2.75, 3.05) is 0 Å². The van der Waals surface area contributed by atoms with Gasteiger partial charge in [-0.15, -0.1) is 10.2 Å². The van der Waals surface area contributed by atoms with E-state index in [9.17, 15) is 0 Å². The zero-order valence-electron chi connectivity index (χ0n) is 10.7. The smallest absolute Gasteiger partial charge is 0.133 e. The average Bonchev–Trinajstić information content (AvgIpc) is 2.76. The molecule has 0 radical (unpaired) electrons. The van der Waals surface area contributed by atoms with Crippen molar-refractivity contribution >= 4 is 0 Å². The summed E-state index contributed by atoms with van der Waals surface area (Å²) in [5.41, 5.74) is 2.74. The van der Waals surface area contributed by atoms with Gasteiger partial charge in [-0.2, -0.15) is 0 Å². The molecule has 0 unspecified atom stereocenters. The molecule has 0 aliphatic carbocycles. The molecular weight excluding hydrogens is 210 g/mol. The molecule has 0 spiro atoms. The zero-order chi connectivity index (χ0) is 12.3. The molecule has 2 aromatic rings. The van der Waals surface area contributed by atoms with Crippen LogP contribution in [0, 0.1) is 6.92 Å². The summed E-state index contributed by atoms with van der Waals surface area (Å²) in [5.74, 6) is 1.07. The largest absolute Gasteiger partial charge is 0.315 e. The fourth-order valence-corrected chi connectivity index (χ4v) is 2.01. The van der Waals surface area contributed by atoms with Crippen LogP contribution in [-0.4, -0.2) is 14.8 Å². The summed E-state index contributed by atoms with van der Waals surface area (Å²) in [6.07, 6.45) is 3.79. The van der Waals surface area contributed by atoms with Crippen LogP contribution in [0.15, 0.2) is 30.6 Å². The van der Waals surface area contributed by atoms with Crippen molar-refractivity contribution < 1.29 is 0 Å². The fourth-order valence-electron chi connectivity index (χ4n) is 2.01. The lowest BCUT2D eigenvalue weighted by Gasteiger charge is -2.10. The molecule has 0 N–H and O–H groups in total. The summed E-state index contributed by atoms with van der Waals surface area (Å²) in [5, 5.41) is 8.19. The minimum atomic E-state index is 0.428. The quantitative estimate of drug-likeness (QED) is 0.807. The average molecular weight is 229 g/mol. The van der Waals surface area contributed by atoms with Gasteiger partial charge in [-0.25, -0.2) is 0 Å². The molecule has 0 atom stereocenters. The van der Waals surface area contributed by atoms with Crippen LogP contribution in [0.5, 0.6) is 0 Å². The van der Waals surface area contributed by atoms with E-state index in [1.807, 2.05) is 6.33 Å². The van der Waals surface area contributed by atoms with Crippen LogP contribution in [0.4, 0.5) is 0 Å². The molecule has 3 nitrogen and oxygen atoms in total. The van der Waals surface area contributed by atoms with Crippen LogP contribution in [0.25, 0.3) is 0 Å². The van der Waals surface area contributed by atoms with Gasteiger partial charge in [-0.1, -0.05) is 24.3 Å². The lowest BCUT2D eigenvalue weighted by molar-refractivity contribution is 0.565. The molecule has 1 aromatic carbocycles. The van der Waals surface area contributed by atoms with Gasteiger partial charge in [0.15, 0.2) is 0 Å². The van der Waals surface area contributed by atoms with E-state index in [-0.39, 0.29) is 0 Å². The third kappa shape index (κ3) is 2.73. The molecule has 17 heavy (non-hydrogen) atoms. The molecule has 0 aliphatic rings. The highest BCUT2D eigenvalue weighted by atomic mass is 15.3. The van der Waals surface area contributed by atoms with E-state index in [1.54, 1.807) is 0 Å². The standard InChI is InChI=1S/C14H19N3/c1-11(2)17-10-15-16-14(17)9-8-13-7-5-4-6-12(13)3/h4-7,10-11H,8-9H2,1-3H3. The minimum absolute atomic E-state index is 0.428. The van der Waals surface area contributed by atoms with Crippen LogP contribution in [0.3, 0.4) is 0 Å². The van der Waals surface area contributed by atoms with E-state index in [2.05, 4.69) is 59.8 Å². The van der Waals surface area contributed by atoms with Crippen LogP contribution < -0.4 is 0 Å². The van der Waals surface area contributed by atoms with Gasteiger partial charge in [0.05, 0.1) is 0 Å². The number of hydrogen-bond donors (Lipinski definition) is 0. The summed E-state index contributed by atoms with van der Waals surface area (Å²) in [6.45, 7) is 6.46. The Labute approximate surface area is 103 Å². The molecule has 0 aliphatic heterocycles. The number of rotatable bonds is 4. The van der Waals surface area contributed by atoms with Crippen LogP contribution >= 0.6 is 0 Å². The van der Waals surface area contributed by atoms with Crippen LogP contribution in [0.2, 0.25) is 0 Å². The third-order valence-corrected chi connectivity index (χ3v) is 3.08. The first-order valence-corrected chi connectivity index (χ1v) is 6.11. The van der Waals surface area contributed by atoms with Crippen molar-refractivity contribution in [2.24, 2.45) is 0 Å². The molecule has 90 valence electrons. The second-order valence-corrected chi connectivity index (χ2v) is 4.67. The fraction of sp³-hybridized carbons (Fsp3) is 0.429. The first-order valence-electron chi connectivity index (χ1n) is 6.11. The third-order valence-electron chi connectivity index (χ3n) is 3.08. The van der Waals surface area contributed by atoms with E-state index in [4.69, 9.17) is 0 Å². The summed E-state index contributed by atoms with van der Waals surface area (Å²) in [4.78, 5) is 0. The van der Waals surface area contributed by atoms with Crippen molar-refractivity contribution in [3.8, 4) is 0 Å². The minimum Gasteiger partial charge on any atom is -0.315 e. The maximum Gasteiger partial charge on any atom is 0.133 e. The van der Waals surface area contributed by atoms with Gasteiger partial charge in [0.2, 0.25) is 0 Å². The predicted octanol–water partition coefficient (Wildman–Crippen LogP) is 2.95. The molecule has 0 saturated carbocycles. The molecule has 3 heteroatoms. The monoisotopic (exact) mass is 229 g/mol. The predicted molar refractivity (Wildman–Crippen MR) is 69.0 cm³/mol. The molecule has 0 fully saturated rings. The Morgan fingerprint density at radius 1 is 1.18 bits per heavy atom. The maximum atomic E-state index is 4.20. The Hall–Kier alpha value is -1.64. The highest BCUT2D eigenvalue weighted by molar-refractivity contribution is 5.26. The lowest BCUT2D eigenvalue weighted by Crippen LogP contribution is -2.07. The van der Waals surface area contributed by atoms with Gasteiger partial charge < -0.3 is 4.57 Å². The van der Waals surface area contributed by atoms with E-state index < -0.39 is 0 Å². The molecule has 2 rings (SSSR count). The van der Waals surface area contributed by atoms with Gasteiger partial charge in [0.25, 0.3) is 0 Å². The van der Waals surface area contributed by atoms with Gasteiger partial charge in [-0.3, -0.25) is 0 Å². The van der Waals surface area contributed by atoms with Crippen molar-refractivity contribution in [2.45, 2.75) is 39.7 Å². The van der Waals surface area contributed by atoms with Crippen molar-refractivity contribution in [3.63, 3.8) is 0 Å². The highest BCUT2D eigenvalue weighted by Gasteiger charge is 2.07. The number of hydrogen-bond acceptors (Lipinski definition) is 2. The maximum absolute atomic E-state index is 4.20. The lowest BCUT2D eigenvalue weighted by atomic mass is 10.0. The van der Waals surface area contributed by atoms with Gasteiger partial charge in [0.1, 0.15) is 12.2 Å². The van der Waals surface area contributed by atoms with Gasteiger partial charge in [-0.05, 0) is 38.3 Å². The van der Waals surface area contributed by atoms with Crippen molar-refractivity contribution in [1.29, 1.82) is 0 Å². The number of aromatic nitrogens is 3. The van der Waals surface area contributed by atoms with E-state index in [0.29, 0.717) is 6.04 Å². The van der Waals surface area contributed by atoms with Gasteiger partial charge >= 0.3 is 0 Å². The Morgan fingerprint density at radius 2 is 1.94 bits per heavy atom. The Balaban J connectivity index is 2.08. The highest BCUT2D eigenvalue weighted by Crippen LogP contribution is 2.12. The molecular formula is C14H19N3. The molecule has 1 heterocycles. The first-order chi connectivity index (χ1) is 8.18. The number of nitrogens with zero attached hydrogens (tertiary/aromatic N) is 3. The molecule has 0 amide bonds. The topological polar surface area (TPSA) is 30.7 Å². The van der Waals surface area contributed by atoms with Crippen LogP contribution in [-0.2, 0) is 12.8 Å². The Morgan fingerprint density at radius 3 is 2.65 bits per heavy atom. The van der Waals surface area contributed by atoms with Crippen molar-refractivity contribution in [1.82, 2.24) is 14.8 Å². The Bertz CT molecular complexity index is 486. The van der Waals surface area contributed by atoms with Crippen molar-refractivity contribution in [3.05, 3.63) is 47.5 Å². The van der Waals surface area contributed by atoms with Crippen LogP contribution in [0.1, 0.15) is 36.8 Å². The number of aryl methyl sites for hydroxylation is 3. The summed E-state index contributed by atoms with van der Waals surface area (Å²) in [7, 11) is 0. The van der Waals surface area contributed by atoms with E-state index >= 15 is 0 Å². The Kier molecular flexibility index (Phi) is 3.57. The second-order valence-electron chi connectivity index (χ2n) is 4.67. The van der Waals surface area contributed by atoms with E-state index in [0.717, 1.165) is 18.7 Å². The normalized spacial score (nSPS) is 11.1. The van der Waals surface area contributed by atoms with Gasteiger partial charge in [0, 0.05) is 12.5 Å².